The summed E-state index contributed by atoms with van der Waals surface area (Å²) in [5.41, 5.74) is -0.677. The Labute approximate surface area is 112 Å². The van der Waals surface area contributed by atoms with Crippen LogP contribution in [0.3, 0.4) is 0 Å². The molecule has 1 unspecified atom stereocenters. The zero-order valence-corrected chi connectivity index (χ0v) is 11.4. The Morgan fingerprint density at radius 3 is 2.83 bits per heavy atom. The van der Waals surface area contributed by atoms with Gasteiger partial charge in [-0.15, -0.1) is 0 Å². The monoisotopic (exact) mass is 271 g/mol. The van der Waals surface area contributed by atoms with Crippen LogP contribution < -0.4 is 0 Å². The van der Waals surface area contributed by atoms with Crippen LogP contribution in [0.4, 0.5) is 4.39 Å². The van der Waals surface area contributed by atoms with E-state index in [1.165, 1.54) is 6.07 Å². The van der Waals surface area contributed by atoms with Crippen molar-refractivity contribution in [1.29, 1.82) is 0 Å². The third kappa shape index (κ3) is 2.85. The first-order valence-corrected chi connectivity index (χ1v) is 6.83. The van der Waals surface area contributed by atoms with Gasteiger partial charge in [0.15, 0.2) is 0 Å². The van der Waals surface area contributed by atoms with Gasteiger partial charge in [0, 0.05) is 17.1 Å². The first kappa shape index (κ1) is 13.8. The first-order valence-electron chi connectivity index (χ1n) is 6.45. The molecule has 1 saturated heterocycles. The van der Waals surface area contributed by atoms with E-state index in [1.54, 1.807) is 12.1 Å². The maximum atomic E-state index is 13.9. The van der Waals surface area contributed by atoms with Gasteiger partial charge in [0.05, 0.1) is 5.60 Å². The van der Waals surface area contributed by atoms with E-state index in [2.05, 4.69) is 11.8 Å². The van der Waals surface area contributed by atoms with Crippen LogP contribution in [0.5, 0.6) is 0 Å². The molecule has 1 aliphatic heterocycles. The summed E-state index contributed by atoms with van der Waals surface area (Å²) in [5.74, 6) is -0.407. The van der Waals surface area contributed by atoms with Crippen LogP contribution >= 0.6 is 11.6 Å². The van der Waals surface area contributed by atoms with Gasteiger partial charge in [-0.1, -0.05) is 24.6 Å². The van der Waals surface area contributed by atoms with Crippen LogP contribution in [-0.2, 0) is 5.60 Å². The lowest BCUT2D eigenvalue weighted by molar-refractivity contribution is 0.0180. The number of nitrogens with zero attached hydrogens (tertiary/aromatic N) is 1. The van der Waals surface area contributed by atoms with Crippen molar-refractivity contribution in [3.63, 3.8) is 0 Å². The molecular weight excluding hydrogens is 253 g/mol. The van der Waals surface area contributed by atoms with E-state index in [4.69, 9.17) is 11.6 Å². The largest absolute Gasteiger partial charge is 0.385 e. The van der Waals surface area contributed by atoms with Gasteiger partial charge in [-0.3, -0.25) is 0 Å². The van der Waals surface area contributed by atoms with E-state index in [0.717, 1.165) is 26.1 Å². The average Bonchev–Trinajstić information content (AvgIpc) is 2.51. The molecule has 0 bridgehead atoms. The summed E-state index contributed by atoms with van der Waals surface area (Å²) in [6, 6.07) is 4.52. The van der Waals surface area contributed by atoms with Crippen LogP contribution in [0.25, 0.3) is 0 Å². The highest BCUT2D eigenvalue weighted by Gasteiger charge is 2.33. The van der Waals surface area contributed by atoms with Crippen molar-refractivity contribution in [1.82, 2.24) is 4.90 Å². The molecule has 1 heterocycles. The molecule has 0 aliphatic carbocycles. The van der Waals surface area contributed by atoms with Crippen molar-refractivity contribution in [2.24, 2.45) is 0 Å². The molecule has 1 N–H and O–H groups in total. The molecular formula is C14H19ClFNO. The van der Waals surface area contributed by atoms with Gasteiger partial charge >= 0.3 is 0 Å². The highest BCUT2D eigenvalue weighted by molar-refractivity contribution is 6.30. The van der Waals surface area contributed by atoms with E-state index in [1.807, 2.05) is 0 Å². The Morgan fingerprint density at radius 2 is 2.17 bits per heavy atom. The second-order valence-electron chi connectivity index (χ2n) is 4.94. The van der Waals surface area contributed by atoms with E-state index < -0.39 is 11.4 Å². The Bertz CT molecular complexity index is 426. The SMILES string of the molecule is CCN1CCCC(O)(c2ccc(Cl)cc2F)CC1. The second kappa shape index (κ2) is 5.55. The molecule has 0 aromatic heterocycles. The zero-order valence-electron chi connectivity index (χ0n) is 10.6. The van der Waals surface area contributed by atoms with Crippen LogP contribution in [0, 0.1) is 5.82 Å². The molecule has 1 fully saturated rings. The molecule has 1 atom stereocenters. The minimum Gasteiger partial charge on any atom is -0.385 e. The molecule has 18 heavy (non-hydrogen) atoms. The van der Waals surface area contributed by atoms with Crippen LogP contribution in [0.2, 0.25) is 5.02 Å². The summed E-state index contributed by atoms with van der Waals surface area (Å²) >= 11 is 5.75. The van der Waals surface area contributed by atoms with Crippen molar-refractivity contribution in [2.45, 2.75) is 31.8 Å². The van der Waals surface area contributed by atoms with Crippen molar-refractivity contribution in [2.75, 3.05) is 19.6 Å². The third-order valence-corrected chi connectivity index (χ3v) is 4.02. The van der Waals surface area contributed by atoms with Gasteiger partial charge in [0.2, 0.25) is 0 Å². The molecule has 2 nitrogen and oxygen atoms in total. The molecule has 0 saturated carbocycles. The van der Waals surface area contributed by atoms with Gasteiger partial charge in [-0.2, -0.15) is 0 Å². The van der Waals surface area contributed by atoms with Gasteiger partial charge in [0.1, 0.15) is 5.82 Å². The molecule has 2 rings (SSSR count). The fourth-order valence-corrected chi connectivity index (χ4v) is 2.79. The lowest BCUT2D eigenvalue weighted by Gasteiger charge is -2.28. The van der Waals surface area contributed by atoms with Crippen LogP contribution in [-0.4, -0.2) is 29.6 Å². The number of halogens is 2. The molecule has 100 valence electrons. The van der Waals surface area contributed by atoms with E-state index in [-0.39, 0.29) is 0 Å². The maximum absolute atomic E-state index is 13.9. The van der Waals surface area contributed by atoms with Crippen LogP contribution in [0.15, 0.2) is 18.2 Å². The minimum absolute atomic E-state index is 0.364. The van der Waals surface area contributed by atoms with Crippen molar-refractivity contribution in [3.05, 3.63) is 34.6 Å². The van der Waals surface area contributed by atoms with Gasteiger partial charge in [-0.25, -0.2) is 4.39 Å². The number of hydrogen-bond acceptors (Lipinski definition) is 2. The predicted octanol–water partition coefficient (Wildman–Crippen LogP) is 3.17. The number of aliphatic hydroxyl groups is 1. The van der Waals surface area contributed by atoms with Crippen molar-refractivity contribution in [3.8, 4) is 0 Å². The number of likely N-dealkylation sites (tertiary alicyclic amines) is 1. The van der Waals surface area contributed by atoms with Crippen molar-refractivity contribution >= 4 is 11.6 Å². The lowest BCUT2D eigenvalue weighted by Crippen LogP contribution is -2.30. The number of benzene rings is 1. The summed E-state index contributed by atoms with van der Waals surface area (Å²) in [5, 5.41) is 11.1. The molecule has 1 aromatic carbocycles. The number of hydrogen-bond donors (Lipinski definition) is 1. The standard InChI is InChI=1S/C14H19ClFNO/c1-2-17-8-3-6-14(18,7-9-17)12-5-4-11(15)10-13(12)16/h4-5,10,18H,2-3,6-9H2,1H3. The normalized spacial score (nSPS) is 26.0. The van der Waals surface area contributed by atoms with E-state index in [0.29, 0.717) is 23.4 Å². The van der Waals surface area contributed by atoms with E-state index in [9.17, 15) is 9.50 Å². The van der Waals surface area contributed by atoms with Crippen LogP contribution in [0.1, 0.15) is 31.7 Å². The van der Waals surface area contributed by atoms with Crippen molar-refractivity contribution < 1.29 is 9.50 Å². The Hall–Kier alpha value is -0.640. The topological polar surface area (TPSA) is 23.5 Å². The fourth-order valence-electron chi connectivity index (χ4n) is 2.63. The Morgan fingerprint density at radius 1 is 1.39 bits per heavy atom. The molecule has 0 radical (unpaired) electrons. The van der Waals surface area contributed by atoms with Gasteiger partial charge in [-0.05, 0) is 44.5 Å². The fraction of sp³-hybridized carbons (Fsp3) is 0.571. The summed E-state index contributed by atoms with van der Waals surface area (Å²) in [6.45, 7) is 4.84. The molecule has 4 heteroatoms. The quantitative estimate of drug-likeness (QED) is 0.893. The van der Waals surface area contributed by atoms with Gasteiger partial charge in [0.25, 0.3) is 0 Å². The highest BCUT2D eigenvalue weighted by atomic mass is 35.5. The average molecular weight is 272 g/mol. The zero-order chi connectivity index (χ0) is 13.2. The molecule has 1 aliphatic rings. The second-order valence-corrected chi connectivity index (χ2v) is 5.38. The smallest absolute Gasteiger partial charge is 0.130 e. The Kier molecular flexibility index (Phi) is 4.25. The number of rotatable bonds is 2. The molecule has 0 amide bonds. The summed E-state index contributed by atoms with van der Waals surface area (Å²) < 4.78 is 13.9. The van der Waals surface area contributed by atoms with E-state index >= 15 is 0 Å². The molecule has 0 spiro atoms. The minimum atomic E-state index is -1.06. The maximum Gasteiger partial charge on any atom is 0.130 e. The Balaban J connectivity index is 2.24. The lowest BCUT2D eigenvalue weighted by atomic mass is 9.86. The summed E-state index contributed by atoms with van der Waals surface area (Å²) in [4.78, 5) is 2.28. The summed E-state index contributed by atoms with van der Waals surface area (Å²) in [6.07, 6.45) is 2.05. The summed E-state index contributed by atoms with van der Waals surface area (Å²) in [7, 11) is 0. The third-order valence-electron chi connectivity index (χ3n) is 3.79. The predicted molar refractivity (Wildman–Crippen MR) is 71.3 cm³/mol. The van der Waals surface area contributed by atoms with Gasteiger partial charge < -0.3 is 10.0 Å². The highest BCUT2D eigenvalue weighted by Crippen LogP contribution is 2.35. The first-order chi connectivity index (χ1) is 8.55. The molecule has 1 aromatic rings.